The predicted molar refractivity (Wildman–Crippen MR) is 153 cm³/mol. The van der Waals surface area contributed by atoms with Crippen molar-refractivity contribution < 1.29 is 9.47 Å². The Hall–Kier alpha value is -3.27. The molecule has 9 nitrogen and oxygen atoms in total. The lowest BCUT2D eigenvalue weighted by atomic mass is 10.0. The number of ether oxygens (including phenoxy) is 2. The van der Waals surface area contributed by atoms with E-state index < -0.39 is 0 Å². The van der Waals surface area contributed by atoms with Crippen molar-refractivity contribution in [3.05, 3.63) is 48.2 Å². The number of hydrogen-bond donors (Lipinski definition) is 2. The van der Waals surface area contributed by atoms with E-state index in [-0.39, 0.29) is 6.04 Å². The molecule has 1 unspecified atom stereocenters. The first-order valence-corrected chi connectivity index (χ1v) is 12.9. The fourth-order valence-electron chi connectivity index (χ4n) is 4.86. The number of hydrazine groups is 1. The highest BCUT2D eigenvalue weighted by atomic mass is 16.5. The quantitative estimate of drug-likeness (QED) is 0.479. The van der Waals surface area contributed by atoms with Crippen LogP contribution in [0.2, 0.25) is 0 Å². The van der Waals surface area contributed by atoms with E-state index in [9.17, 15) is 0 Å². The molecule has 4 rings (SSSR count). The second-order valence-electron chi connectivity index (χ2n) is 9.81. The Bertz CT molecular complexity index is 1110. The van der Waals surface area contributed by atoms with Crippen molar-refractivity contribution in [2.75, 3.05) is 70.8 Å². The Morgan fingerprint density at radius 1 is 1.08 bits per heavy atom. The van der Waals surface area contributed by atoms with Crippen LogP contribution < -0.4 is 30.3 Å². The summed E-state index contributed by atoms with van der Waals surface area (Å²) >= 11 is 0. The normalized spacial score (nSPS) is 17.3. The molecule has 2 aliphatic rings. The molecule has 0 fully saturated rings. The van der Waals surface area contributed by atoms with Gasteiger partial charge in [-0.05, 0) is 23.8 Å². The smallest absolute Gasteiger partial charge is 0.124 e. The van der Waals surface area contributed by atoms with Crippen molar-refractivity contribution in [2.45, 2.75) is 25.9 Å². The molecule has 2 heterocycles. The number of benzene rings is 2. The third-order valence-corrected chi connectivity index (χ3v) is 6.86. The van der Waals surface area contributed by atoms with Crippen LogP contribution in [0, 0.1) is 0 Å². The molecule has 0 amide bonds. The number of nitrogens with one attached hydrogen (secondary N) is 1. The third kappa shape index (κ3) is 6.01. The molecule has 0 spiro atoms. The average molecular weight is 508 g/mol. The van der Waals surface area contributed by atoms with E-state index in [2.05, 4.69) is 77.5 Å². The maximum atomic E-state index is 5.81. The van der Waals surface area contributed by atoms with Crippen molar-refractivity contribution in [1.82, 2.24) is 15.3 Å². The zero-order valence-corrected chi connectivity index (χ0v) is 22.9. The summed E-state index contributed by atoms with van der Waals surface area (Å²) in [5, 5.41) is 7.93. The summed E-state index contributed by atoms with van der Waals surface area (Å²) in [5.41, 5.74) is 11.3. The molecular formula is C28H41N7O2. The minimum absolute atomic E-state index is 0.0842. The summed E-state index contributed by atoms with van der Waals surface area (Å²) in [7, 11) is 7.60. The summed E-state index contributed by atoms with van der Waals surface area (Å²) in [5.74, 6) is 1.52. The number of nitrogens with zero attached hydrogens (tertiary/aromatic N) is 5. The molecule has 0 aromatic heterocycles. The van der Waals surface area contributed by atoms with Crippen LogP contribution in [0.1, 0.15) is 13.8 Å². The first-order chi connectivity index (χ1) is 17.8. The summed E-state index contributed by atoms with van der Waals surface area (Å²) < 4.78 is 11.1. The SMILES string of the molecule is COc1cc(OC)cc(N(CCNC(C)C)c2ccc3c(c2)N(C)C(C2=CN(CCN)N(C)C2)C=N3)c1. The molecule has 0 radical (unpaired) electrons. The fraction of sp³-hybridized carbons (Fsp3) is 0.464. The zero-order valence-electron chi connectivity index (χ0n) is 22.9. The third-order valence-electron chi connectivity index (χ3n) is 6.86. The topological polar surface area (TPSA) is 81.8 Å². The van der Waals surface area contributed by atoms with Crippen molar-refractivity contribution in [3.8, 4) is 11.5 Å². The second kappa shape index (κ2) is 11.9. The second-order valence-corrected chi connectivity index (χ2v) is 9.81. The Kier molecular flexibility index (Phi) is 8.58. The van der Waals surface area contributed by atoms with Crippen LogP contribution in [0.25, 0.3) is 0 Å². The highest BCUT2D eigenvalue weighted by Gasteiger charge is 2.29. The van der Waals surface area contributed by atoms with Crippen molar-refractivity contribution in [3.63, 3.8) is 0 Å². The molecular weight excluding hydrogens is 466 g/mol. The van der Waals surface area contributed by atoms with Crippen LogP contribution >= 0.6 is 0 Å². The molecule has 2 aliphatic heterocycles. The molecule has 0 bridgehead atoms. The molecule has 2 aromatic carbocycles. The van der Waals surface area contributed by atoms with Crippen molar-refractivity contribution in [2.24, 2.45) is 10.7 Å². The van der Waals surface area contributed by atoms with Crippen LogP contribution in [0.5, 0.6) is 11.5 Å². The first kappa shape index (κ1) is 26.8. The molecule has 200 valence electrons. The number of hydrogen-bond acceptors (Lipinski definition) is 9. The lowest BCUT2D eigenvalue weighted by molar-refractivity contribution is 0.0871. The van der Waals surface area contributed by atoms with Gasteiger partial charge in [-0.25, -0.2) is 5.01 Å². The van der Waals surface area contributed by atoms with Gasteiger partial charge < -0.3 is 35.3 Å². The van der Waals surface area contributed by atoms with Crippen LogP contribution in [-0.4, -0.2) is 89.4 Å². The highest BCUT2D eigenvalue weighted by Crippen LogP contribution is 2.40. The van der Waals surface area contributed by atoms with Gasteiger partial charge in [-0.1, -0.05) is 13.8 Å². The van der Waals surface area contributed by atoms with E-state index in [1.54, 1.807) is 14.2 Å². The Morgan fingerprint density at radius 3 is 2.46 bits per heavy atom. The van der Waals surface area contributed by atoms with E-state index >= 15 is 0 Å². The maximum Gasteiger partial charge on any atom is 0.124 e. The van der Waals surface area contributed by atoms with Crippen LogP contribution in [0.3, 0.4) is 0 Å². The zero-order chi connectivity index (χ0) is 26.5. The van der Waals surface area contributed by atoms with Gasteiger partial charge in [0.25, 0.3) is 0 Å². The summed E-state index contributed by atoms with van der Waals surface area (Å²) in [4.78, 5) is 9.45. The summed E-state index contributed by atoms with van der Waals surface area (Å²) in [6.45, 7) is 8.22. The van der Waals surface area contributed by atoms with Gasteiger partial charge in [-0.2, -0.15) is 0 Å². The first-order valence-electron chi connectivity index (χ1n) is 12.9. The molecule has 1 atom stereocenters. The van der Waals surface area contributed by atoms with E-state index in [1.807, 2.05) is 24.4 Å². The van der Waals surface area contributed by atoms with Gasteiger partial charge >= 0.3 is 0 Å². The number of aliphatic imine (C=N–C) groups is 1. The summed E-state index contributed by atoms with van der Waals surface area (Å²) in [6, 6.07) is 13.0. The van der Waals surface area contributed by atoms with Crippen LogP contribution in [0.15, 0.2) is 53.2 Å². The Balaban J connectivity index is 1.67. The minimum atomic E-state index is 0.0842. The summed E-state index contributed by atoms with van der Waals surface area (Å²) in [6.07, 6.45) is 4.26. The number of fused-ring (bicyclic) bond motifs is 1. The van der Waals surface area contributed by atoms with Gasteiger partial charge in [0.2, 0.25) is 0 Å². The van der Waals surface area contributed by atoms with Gasteiger partial charge in [0, 0.05) is 94.8 Å². The van der Waals surface area contributed by atoms with Crippen LogP contribution in [0.4, 0.5) is 22.7 Å². The molecule has 3 N–H and O–H groups in total. The molecule has 9 heteroatoms. The standard InChI is InChI=1S/C28H41N7O2/c1-20(2)30-10-12-35(23-13-24(36-5)16-25(14-23)37-6)22-7-8-26-27(15-22)33(4)28(17-31-26)21-18-32(3)34(19-21)11-9-29/h7-8,13-17,19-20,28,30H,9-12,18,29H2,1-6H3. The molecule has 0 aliphatic carbocycles. The van der Waals surface area contributed by atoms with Crippen molar-refractivity contribution >= 4 is 29.0 Å². The minimum Gasteiger partial charge on any atom is -0.497 e. The maximum absolute atomic E-state index is 5.81. The molecule has 37 heavy (non-hydrogen) atoms. The monoisotopic (exact) mass is 507 g/mol. The van der Waals surface area contributed by atoms with Gasteiger partial charge in [0.05, 0.1) is 31.6 Å². The highest BCUT2D eigenvalue weighted by molar-refractivity contribution is 5.88. The number of anilines is 3. The van der Waals surface area contributed by atoms with Gasteiger partial charge in [-0.3, -0.25) is 4.99 Å². The largest absolute Gasteiger partial charge is 0.497 e. The van der Waals surface area contributed by atoms with E-state index in [4.69, 9.17) is 20.2 Å². The number of likely N-dealkylation sites (N-methyl/N-ethyl adjacent to an activating group) is 2. The fourth-order valence-corrected chi connectivity index (χ4v) is 4.86. The van der Waals surface area contributed by atoms with Crippen LogP contribution in [-0.2, 0) is 0 Å². The molecule has 0 saturated carbocycles. The average Bonchev–Trinajstić information content (AvgIpc) is 3.26. The lowest BCUT2D eigenvalue weighted by Crippen LogP contribution is -2.39. The van der Waals surface area contributed by atoms with E-state index in [0.717, 1.165) is 60.4 Å². The molecule has 2 aromatic rings. The number of rotatable bonds is 11. The predicted octanol–water partition coefficient (Wildman–Crippen LogP) is 3.37. The van der Waals surface area contributed by atoms with Crippen molar-refractivity contribution in [1.29, 1.82) is 0 Å². The Labute approximate surface area is 221 Å². The van der Waals surface area contributed by atoms with Gasteiger partial charge in [0.15, 0.2) is 0 Å². The van der Waals surface area contributed by atoms with Gasteiger partial charge in [0.1, 0.15) is 11.5 Å². The number of methoxy groups -OCH3 is 2. The van der Waals surface area contributed by atoms with E-state index in [0.29, 0.717) is 12.6 Å². The Morgan fingerprint density at radius 2 is 1.81 bits per heavy atom. The van der Waals surface area contributed by atoms with E-state index in [1.165, 1.54) is 5.57 Å². The van der Waals surface area contributed by atoms with Gasteiger partial charge in [-0.15, -0.1) is 0 Å². The lowest BCUT2D eigenvalue weighted by Gasteiger charge is -2.34. The molecule has 0 saturated heterocycles. The number of nitrogens with two attached hydrogens (primary N) is 1.